The fourth-order valence-electron chi connectivity index (χ4n) is 2.92. The number of hydrogen-bond donors (Lipinski definition) is 1. The smallest absolute Gasteiger partial charge is 0.137 e. The summed E-state index contributed by atoms with van der Waals surface area (Å²) in [5, 5.41) is 4.90. The van der Waals surface area contributed by atoms with E-state index in [2.05, 4.69) is 44.3 Å². The van der Waals surface area contributed by atoms with E-state index in [1.54, 1.807) is 0 Å². The highest BCUT2D eigenvalue weighted by Gasteiger charge is 2.34. The Morgan fingerprint density at radius 2 is 2.05 bits per heavy atom. The Morgan fingerprint density at radius 3 is 2.74 bits per heavy atom. The molecule has 3 rings (SSSR count). The third-order valence-electron chi connectivity index (χ3n) is 3.98. The predicted molar refractivity (Wildman–Crippen MR) is 79.4 cm³/mol. The third kappa shape index (κ3) is 2.55. The highest BCUT2D eigenvalue weighted by Crippen LogP contribution is 2.42. The molecule has 1 aromatic carbocycles. The molecule has 1 aromatic heterocycles. The zero-order chi connectivity index (χ0) is 13.4. The molecule has 0 radical (unpaired) electrons. The fraction of sp³-hybridized carbons (Fsp3) is 0.529. The van der Waals surface area contributed by atoms with Crippen LogP contribution in [0.4, 0.5) is 0 Å². The second-order valence-electron chi connectivity index (χ2n) is 5.92. The van der Waals surface area contributed by atoms with Crippen LogP contribution in [0.5, 0.6) is 0 Å². The van der Waals surface area contributed by atoms with E-state index >= 15 is 0 Å². The molecule has 0 bridgehead atoms. The van der Waals surface area contributed by atoms with E-state index in [0.717, 1.165) is 23.8 Å². The molecule has 2 heteroatoms. The van der Waals surface area contributed by atoms with Gasteiger partial charge in [0.05, 0.1) is 6.04 Å². The minimum atomic E-state index is 0.409. The summed E-state index contributed by atoms with van der Waals surface area (Å²) in [6.07, 6.45) is 3.83. The number of furan rings is 1. The molecule has 1 fully saturated rings. The van der Waals surface area contributed by atoms with Gasteiger partial charge in [-0.05, 0) is 63.3 Å². The summed E-state index contributed by atoms with van der Waals surface area (Å²) in [6, 6.07) is 7.06. The van der Waals surface area contributed by atoms with Crippen molar-refractivity contribution in [3.05, 3.63) is 35.1 Å². The quantitative estimate of drug-likeness (QED) is 0.853. The van der Waals surface area contributed by atoms with Gasteiger partial charge in [-0.15, -0.1) is 0 Å². The first-order valence-corrected chi connectivity index (χ1v) is 7.43. The first-order chi connectivity index (χ1) is 9.19. The number of rotatable bonds is 5. The van der Waals surface area contributed by atoms with Crippen LogP contribution in [0.1, 0.15) is 49.1 Å². The van der Waals surface area contributed by atoms with Gasteiger partial charge in [-0.3, -0.25) is 0 Å². The molecule has 1 N–H and O–H groups in total. The average Bonchev–Trinajstić information content (AvgIpc) is 3.10. The maximum atomic E-state index is 6.15. The lowest BCUT2D eigenvalue weighted by molar-refractivity contribution is 0.396. The van der Waals surface area contributed by atoms with Crippen molar-refractivity contribution in [3.8, 4) is 0 Å². The van der Waals surface area contributed by atoms with E-state index in [0.29, 0.717) is 6.04 Å². The van der Waals surface area contributed by atoms with Crippen LogP contribution in [0.15, 0.2) is 22.6 Å². The molecule has 1 heterocycles. The minimum Gasteiger partial charge on any atom is -0.459 e. The Labute approximate surface area is 115 Å². The van der Waals surface area contributed by atoms with E-state index in [1.165, 1.54) is 35.8 Å². The van der Waals surface area contributed by atoms with Crippen molar-refractivity contribution in [2.24, 2.45) is 5.92 Å². The zero-order valence-corrected chi connectivity index (χ0v) is 12.1. The van der Waals surface area contributed by atoms with Crippen LogP contribution >= 0.6 is 0 Å². The molecule has 1 unspecified atom stereocenters. The summed E-state index contributed by atoms with van der Waals surface area (Å²) in [5.74, 6) is 1.90. The van der Waals surface area contributed by atoms with Crippen LogP contribution in [0.3, 0.4) is 0 Å². The molecule has 19 heavy (non-hydrogen) atoms. The van der Waals surface area contributed by atoms with Crippen molar-refractivity contribution in [1.29, 1.82) is 0 Å². The summed E-state index contributed by atoms with van der Waals surface area (Å²) in [4.78, 5) is 0. The third-order valence-corrected chi connectivity index (χ3v) is 3.98. The number of benzene rings is 1. The maximum Gasteiger partial charge on any atom is 0.137 e. The van der Waals surface area contributed by atoms with Gasteiger partial charge in [-0.1, -0.05) is 18.6 Å². The molecule has 2 nitrogen and oxygen atoms in total. The molecule has 0 saturated heterocycles. The predicted octanol–water partition coefficient (Wildman–Crippen LogP) is 4.50. The molecule has 0 amide bonds. The number of fused-ring (bicyclic) bond motifs is 1. The summed E-state index contributed by atoms with van der Waals surface area (Å²) in [5.41, 5.74) is 3.61. The number of nitrogens with one attached hydrogen (secondary N) is 1. The SMILES string of the molecule is CCCNC(c1cc2cc(C)cc(C)c2o1)C1CC1. The van der Waals surface area contributed by atoms with Crippen LogP contribution in [0, 0.1) is 19.8 Å². The standard InChI is InChI=1S/C17H23NO/c1-4-7-18-16(13-5-6-13)15-10-14-9-11(2)8-12(3)17(14)19-15/h8-10,13,16,18H,4-7H2,1-3H3. The second kappa shape index (κ2) is 5.01. The van der Waals surface area contributed by atoms with Crippen LogP contribution in [-0.2, 0) is 0 Å². The van der Waals surface area contributed by atoms with Gasteiger partial charge in [-0.2, -0.15) is 0 Å². The summed E-state index contributed by atoms with van der Waals surface area (Å²) >= 11 is 0. The molecule has 1 atom stereocenters. The number of aryl methyl sites for hydroxylation is 2. The molecule has 1 aliphatic rings. The monoisotopic (exact) mass is 257 g/mol. The van der Waals surface area contributed by atoms with Gasteiger partial charge in [0, 0.05) is 5.39 Å². The molecule has 0 aliphatic heterocycles. The van der Waals surface area contributed by atoms with Crippen LogP contribution < -0.4 is 5.32 Å². The molecule has 1 saturated carbocycles. The normalized spacial score (nSPS) is 17.0. The summed E-state index contributed by atoms with van der Waals surface area (Å²) in [6.45, 7) is 7.56. The zero-order valence-electron chi connectivity index (χ0n) is 12.1. The van der Waals surface area contributed by atoms with Gasteiger partial charge in [0.2, 0.25) is 0 Å². The second-order valence-corrected chi connectivity index (χ2v) is 5.92. The molecule has 0 spiro atoms. The van der Waals surface area contributed by atoms with Crippen LogP contribution in [-0.4, -0.2) is 6.54 Å². The van der Waals surface area contributed by atoms with E-state index in [1.807, 2.05) is 0 Å². The summed E-state index contributed by atoms with van der Waals surface area (Å²) in [7, 11) is 0. The molecular formula is C17H23NO. The lowest BCUT2D eigenvalue weighted by atomic mass is 10.1. The maximum absolute atomic E-state index is 6.15. The molecular weight excluding hydrogens is 234 g/mol. The fourth-order valence-corrected chi connectivity index (χ4v) is 2.92. The molecule has 1 aliphatic carbocycles. The van der Waals surface area contributed by atoms with Crippen molar-refractivity contribution in [1.82, 2.24) is 5.32 Å². The van der Waals surface area contributed by atoms with Crippen molar-refractivity contribution in [3.63, 3.8) is 0 Å². The Kier molecular flexibility index (Phi) is 3.36. The highest BCUT2D eigenvalue weighted by molar-refractivity contribution is 5.82. The van der Waals surface area contributed by atoms with Crippen molar-refractivity contribution >= 4 is 11.0 Å². The van der Waals surface area contributed by atoms with Gasteiger partial charge >= 0.3 is 0 Å². The first kappa shape index (κ1) is 12.7. The average molecular weight is 257 g/mol. The van der Waals surface area contributed by atoms with Crippen LogP contribution in [0.2, 0.25) is 0 Å². The lowest BCUT2D eigenvalue weighted by Crippen LogP contribution is -2.23. The Bertz CT molecular complexity index is 580. The van der Waals surface area contributed by atoms with Gasteiger partial charge < -0.3 is 9.73 Å². The van der Waals surface area contributed by atoms with E-state index in [4.69, 9.17) is 4.42 Å². The van der Waals surface area contributed by atoms with Crippen molar-refractivity contribution in [2.75, 3.05) is 6.54 Å². The molecule has 2 aromatic rings. The molecule has 102 valence electrons. The summed E-state index contributed by atoms with van der Waals surface area (Å²) < 4.78 is 6.15. The van der Waals surface area contributed by atoms with Gasteiger partial charge in [-0.25, -0.2) is 0 Å². The van der Waals surface area contributed by atoms with Gasteiger partial charge in [0.15, 0.2) is 0 Å². The van der Waals surface area contributed by atoms with Crippen molar-refractivity contribution < 1.29 is 4.42 Å². The van der Waals surface area contributed by atoms with E-state index in [9.17, 15) is 0 Å². The van der Waals surface area contributed by atoms with Crippen LogP contribution in [0.25, 0.3) is 11.0 Å². The van der Waals surface area contributed by atoms with Gasteiger partial charge in [0.1, 0.15) is 11.3 Å². The van der Waals surface area contributed by atoms with E-state index in [-0.39, 0.29) is 0 Å². The Balaban J connectivity index is 1.96. The lowest BCUT2D eigenvalue weighted by Gasteiger charge is -2.14. The topological polar surface area (TPSA) is 25.2 Å². The van der Waals surface area contributed by atoms with Crippen molar-refractivity contribution in [2.45, 2.75) is 46.1 Å². The first-order valence-electron chi connectivity index (χ1n) is 7.43. The minimum absolute atomic E-state index is 0.409. The Morgan fingerprint density at radius 1 is 1.26 bits per heavy atom. The van der Waals surface area contributed by atoms with Gasteiger partial charge in [0.25, 0.3) is 0 Å². The number of hydrogen-bond acceptors (Lipinski definition) is 2. The Hall–Kier alpha value is -1.28. The largest absolute Gasteiger partial charge is 0.459 e. The van der Waals surface area contributed by atoms with E-state index < -0.39 is 0 Å². The highest BCUT2D eigenvalue weighted by atomic mass is 16.3.